The van der Waals surface area contributed by atoms with E-state index in [9.17, 15) is 5.11 Å². The maximum atomic E-state index is 9.92. The van der Waals surface area contributed by atoms with Gasteiger partial charge in [-0.25, -0.2) is 4.99 Å². The van der Waals surface area contributed by atoms with Gasteiger partial charge in [0.2, 0.25) is 0 Å². The van der Waals surface area contributed by atoms with Gasteiger partial charge in [0.1, 0.15) is 5.54 Å². The number of hydrogen-bond acceptors (Lipinski definition) is 4. The number of thioether (sulfide) groups is 1. The topological polar surface area (TPSA) is 35.8 Å². The zero-order valence-corrected chi connectivity index (χ0v) is 18.3. The van der Waals surface area contributed by atoms with E-state index >= 15 is 0 Å². The molecule has 0 aromatic heterocycles. The molecule has 0 saturated carbocycles. The lowest BCUT2D eigenvalue weighted by Crippen LogP contribution is -2.36. The van der Waals surface area contributed by atoms with E-state index < -0.39 is 5.54 Å². The third-order valence-electron chi connectivity index (χ3n) is 5.39. The van der Waals surface area contributed by atoms with Crippen molar-refractivity contribution in [2.75, 3.05) is 6.61 Å². The second-order valence-corrected chi connectivity index (χ2v) is 9.53. The summed E-state index contributed by atoms with van der Waals surface area (Å²) in [7, 11) is 0. The van der Waals surface area contributed by atoms with Crippen LogP contribution in [0.3, 0.4) is 0 Å². The van der Waals surface area contributed by atoms with Crippen LogP contribution in [0.1, 0.15) is 37.9 Å². The first kappa shape index (κ1) is 19.8. The number of aliphatic hydroxyl groups is 1. The molecule has 0 fully saturated rings. The molecule has 0 bridgehead atoms. The Labute approximate surface area is 180 Å². The van der Waals surface area contributed by atoms with Crippen LogP contribution in [0.15, 0.2) is 64.1 Å². The fourth-order valence-corrected chi connectivity index (χ4v) is 5.64. The summed E-state index contributed by atoms with van der Waals surface area (Å²) in [5.74, 6) is 0.268. The number of nitrogens with zero attached hydrogens (tertiary/aromatic N) is 2. The highest BCUT2D eigenvalue weighted by Gasteiger charge is 2.52. The lowest BCUT2D eigenvalue weighted by molar-refractivity contribution is 0.267. The van der Waals surface area contributed by atoms with Crippen LogP contribution in [-0.4, -0.2) is 21.8 Å². The summed E-state index contributed by atoms with van der Waals surface area (Å²) >= 11 is 13.9. The lowest BCUT2D eigenvalue weighted by atomic mass is 9.81. The molecule has 2 aromatic rings. The summed E-state index contributed by atoms with van der Waals surface area (Å²) < 4.78 is 0. The fraction of sp³-hybridized carbons (Fsp3) is 0.318. The zero-order valence-electron chi connectivity index (χ0n) is 16.0. The van der Waals surface area contributed by atoms with Crippen LogP contribution in [0.4, 0.5) is 0 Å². The molecule has 0 unspecified atom stereocenters. The number of halogens is 2. The molecule has 0 spiro atoms. The normalized spacial score (nSPS) is 24.2. The summed E-state index contributed by atoms with van der Waals surface area (Å²) in [5.41, 5.74) is 2.90. The van der Waals surface area contributed by atoms with E-state index in [-0.39, 0.29) is 18.6 Å². The number of aliphatic hydroxyl groups excluding tert-OH is 1. The van der Waals surface area contributed by atoms with Crippen LogP contribution in [-0.2, 0) is 5.54 Å². The van der Waals surface area contributed by atoms with Crippen molar-refractivity contribution in [1.82, 2.24) is 4.90 Å². The van der Waals surface area contributed by atoms with Crippen molar-refractivity contribution < 1.29 is 5.11 Å². The Morgan fingerprint density at radius 3 is 2.18 bits per heavy atom. The molecule has 0 radical (unpaired) electrons. The molecule has 146 valence electrons. The van der Waals surface area contributed by atoms with E-state index in [2.05, 4.69) is 37.8 Å². The van der Waals surface area contributed by atoms with E-state index in [1.807, 2.05) is 36.4 Å². The van der Waals surface area contributed by atoms with Gasteiger partial charge in [-0.1, -0.05) is 73.1 Å². The first-order valence-corrected chi connectivity index (χ1v) is 10.8. The van der Waals surface area contributed by atoms with Crippen molar-refractivity contribution in [2.45, 2.75) is 32.4 Å². The molecule has 2 heterocycles. The smallest absolute Gasteiger partial charge is 0.169 e. The Kier molecular flexibility index (Phi) is 5.25. The van der Waals surface area contributed by atoms with Gasteiger partial charge < -0.3 is 10.0 Å². The highest BCUT2D eigenvalue weighted by molar-refractivity contribution is 8.17. The van der Waals surface area contributed by atoms with Crippen molar-refractivity contribution in [1.29, 1.82) is 0 Å². The van der Waals surface area contributed by atoms with Gasteiger partial charge in [0.15, 0.2) is 5.17 Å². The molecule has 6 heteroatoms. The lowest BCUT2D eigenvalue weighted by Gasteiger charge is -2.37. The molecule has 0 saturated heterocycles. The molecule has 1 N–H and O–H groups in total. The van der Waals surface area contributed by atoms with E-state index in [1.165, 1.54) is 0 Å². The van der Waals surface area contributed by atoms with Gasteiger partial charge in [0.05, 0.1) is 12.6 Å². The number of amidine groups is 1. The number of allylic oxidation sites excluding steroid dienone is 1. The van der Waals surface area contributed by atoms with Gasteiger partial charge in [-0.15, -0.1) is 0 Å². The first-order valence-electron chi connectivity index (χ1n) is 9.27. The molecule has 0 aliphatic carbocycles. The summed E-state index contributed by atoms with van der Waals surface area (Å²) in [5, 5.41) is 12.3. The highest BCUT2D eigenvalue weighted by atomic mass is 35.5. The third-order valence-corrected chi connectivity index (χ3v) is 6.95. The van der Waals surface area contributed by atoms with Crippen molar-refractivity contribution >= 4 is 40.1 Å². The number of rotatable bonds is 4. The van der Waals surface area contributed by atoms with Crippen LogP contribution in [0, 0.1) is 5.92 Å². The van der Waals surface area contributed by atoms with Crippen LogP contribution in [0.5, 0.6) is 0 Å². The monoisotopic (exact) mass is 432 g/mol. The van der Waals surface area contributed by atoms with Crippen LogP contribution in [0.25, 0.3) is 0 Å². The predicted octanol–water partition coefficient (Wildman–Crippen LogP) is 6.23. The highest BCUT2D eigenvalue weighted by Crippen LogP contribution is 2.55. The minimum atomic E-state index is -0.484. The second kappa shape index (κ2) is 7.42. The van der Waals surface area contributed by atoms with Crippen molar-refractivity contribution in [3.8, 4) is 0 Å². The van der Waals surface area contributed by atoms with Crippen molar-refractivity contribution in [3.63, 3.8) is 0 Å². The van der Waals surface area contributed by atoms with Gasteiger partial charge in [0.25, 0.3) is 0 Å². The van der Waals surface area contributed by atoms with E-state index in [4.69, 9.17) is 28.2 Å². The maximum Gasteiger partial charge on any atom is 0.169 e. The molecule has 2 aliphatic rings. The quantitative estimate of drug-likeness (QED) is 0.621. The Morgan fingerprint density at radius 2 is 1.64 bits per heavy atom. The molecule has 4 rings (SSSR count). The first-order chi connectivity index (χ1) is 13.3. The Morgan fingerprint density at radius 1 is 1.07 bits per heavy atom. The summed E-state index contributed by atoms with van der Waals surface area (Å²) in [4.78, 5) is 8.45. The number of benzene rings is 2. The molecule has 2 aliphatic heterocycles. The predicted molar refractivity (Wildman–Crippen MR) is 119 cm³/mol. The molecular weight excluding hydrogens is 411 g/mol. The molecule has 2 aromatic carbocycles. The third kappa shape index (κ3) is 3.17. The SMILES string of the molecule is CC(C)C1=C(CO)SC2=N[C@@](C)(c3ccc(Cl)cc3)[C@@H](c3ccc(Cl)cc3)N21. The van der Waals surface area contributed by atoms with E-state index in [0.29, 0.717) is 10.0 Å². The minimum Gasteiger partial charge on any atom is -0.391 e. The zero-order chi connectivity index (χ0) is 20.1. The Hall–Kier alpha value is -1.46. The molecule has 2 atom stereocenters. The average molecular weight is 433 g/mol. The average Bonchev–Trinajstić information content (AvgIpc) is 3.15. The van der Waals surface area contributed by atoms with E-state index in [1.54, 1.807) is 11.8 Å². The number of aliphatic imine (C=N–C) groups is 1. The van der Waals surface area contributed by atoms with E-state index in [0.717, 1.165) is 26.9 Å². The van der Waals surface area contributed by atoms with Gasteiger partial charge in [-0.05, 0) is 48.2 Å². The van der Waals surface area contributed by atoms with Crippen molar-refractivity contribution in [2.24, 2.45) is 10.9 Å². The van der Waals surface area contributed by atoms with Gasteiger partial charge in [0, 0.05) is 20.6 Å². The summed E-state index contributed by atoms with van der Waals surface area (Å²) in [6.07, 6.45) is 0. The minimum absolute atomic E-state index is 0.0265. The molecule has 0 amide bonds. The van der Waals surface area contributed by atoms with Crippen LogP contribution >= 0.6 is 35.0 Å². The molecule has 28 heavy (non-hydrogen) atoms. The largest absolute Gasteiger partial charge is 0.391 e. The standard InChI is InChI=1S/C22H22Cl2N2OS/c1-13(2)19-18(12-27)28-21-25-22(3,15-6-10-17(24)11-7-15)20(26(19)21)14-4-8-16(23)9-5-14/h4-11,13,20,27H,12H2,1-3H3/t20-,22+/m1/s1. The Balaban J connectivity index is 1.89. The van der Waals surface area contributed by atoms with Crippen LogP contribution < -0.4 is 0 Å². The maximum absolute atomic E-state index is 9.92. The molecular formula is C22H22Cl2N2OS. The van der Waals surface area contributed by atoms with Gasteiger partial charge >= 0.3 is 0 Å². The molecule has 3 nitrogen and oxygen atoms in total. The second-order valence-electron chi connectivity index (χ2n) is 7.60. The van der Waals surface area contributed by atoms with Crippen LogP contribution in [0.2, 0.25) is 10.0 Å². The fourth-order valence-electron chi connectivity index (χ4n) is 4.13. The van der Waals surface area contributed by atoms with Gasteiger partial charge in [-0.3, -0.25) is 0 Å². The number of hydrogen-bond donors (Lipinski definition) is 1. The Bertz CT molecular complexity index is 954. The summed E-state index contributed by atoms with van der Waals surface area (Å²) in [6, 6.07) is 15.9. The number of fused-ring (bicyclic) bond motifs is 1. The summed E-state index contributed by atoms with van der Waals surface area (Å²) in [6.45, 7) is 6.51. The van der Waals surface area contributed by atoms with Gasteiger partial charge in [-0.2, -0.15) is 0 Å². The van der Waals surface area contributed by atoms with Crippen molar-refractivity contribution in [3.05, 3.63) is 80.3 Å².